The normalized spacial score (nSPS) is 11.2. The third-order valence-electron chi connectivity index (χ3n) is 3.61. The number of fused-ring (bicyclic) bond motifs is 1. The molecule has 2 N–H and O–H groups in total. The number of nitrogens with zero attached hydrogens (tertiary/aromatic N) is 1. The van der Waals surface area contributed by atoms with Gasteiger partial charge in [-0.05, 0) is 34.7 Å². The van der Waals surface area contributed by atoms with Crippen LogP contribution < -0.4 is 5.56 Å². The fourth-order valence-corrected chi connectivity index (χ4v) is 2.41. The fourth-order valence-electron chi connectivity index (χ4n) is 2.41. The second-order valence-electron chi connectivity index (χ2n) is 5.40. The van der Waals surface area contributed by atoms with E-state index in [1.54, 1.807) is 12.1 Å². The molecule has 1 heterocycles. The van der Waals surface area contributed by atoms with E-state index in [1.165, 1.54) is 11.9 Å². The molecule has 3 aromatic rings. The molecule has 0 atom stereocenters. The van der Waals surface area contributed by atoms with Crippen LogP contribution in [-0.4, -0.2) is 15.1 Å². The van der Waals surface area contributed by atoms with Gasteiger partial charge in [-0.15, -0.1) is 0 Å². The molecular weight excluding hydrogens is 264 g/mol. The van der Waals surface area contributed by atoms with E-state index in [4.69, 9.17) is 0 Å². The van der Waals surface area contributed by atoms with Gasteiger partial charge < -0.3 is 10.1 Å². The summed E-state index contributed by atoms with van der Waals surface area (Å²) in [5, 5.41) is 10.5. The lowest BCUT2D eigenvalue weighted by Gasteiger charge is -2.09. The molecule has 0 aliphatic carbocycles. The zero-order valence-electron chi connectivity index (χ0n) is 11.9. The van der Waals surface area contributed by atoms with E-state index < -0.39 is 0 Å². The van der Waals surface area contributed by atoms with Gasteiger partial charge in [0.15, 0.2) is 0 Å². The molecule has 0 aliphatic heterocycles. The van der Waals surface area contributed by atoms with Crippen LogP contribution in [0.25, 0.3) is 22.0 Å². The minimum atomic E-state index is -0.253. The highest BCUT2D eigenvalue weighted by molar-refractivity contribution is 5.88. The van der Waals surface area contributed by atoms with Gasteiger partial charge in [-0.1, -0.05) is 38.1 Å². The van der Waals surface area contributed by atoms with Crippen molar-refractivity contribution in [1.29, 1.82) is 0 Å². The van der Waals surface area contributed by atoms with Crippen LogP contribution in [0.2, 0.25) is 0 Å². The summed E-state index contributed by atoms with van der Waals surface area (Å²) in [6.45, 7) is 4.26. The number of aromatic nitrogens is 2. The summed E-state index contributed by atoms with van der Waals surface area (Å²) in [6.07, 6.45) is 1.30. The number of phenols is 1. The van der Waals surface area contributed by atoms with Gasteiger partial charge in [-0.2, -0.15) is 0 Å². The average molecular weight is 280 g/mol. The number of aromatic amines is 1. The van der Waals surface area contributed by atoms with Crippen LogP contribution in [0, 0.1) is 0 Å². The molecule has 0 bridgehead atoms. The molecule has 0 fully saturated rings. The molecule has 3 rings (SSSR count). The van der Waals surface area contributed by atoms with Gasteiger partial charge in [-0.3, -0.25) is 4.79 Å². The first-order chi connectivity index (χ1) is 10.1. The average Bonchev–Trinajstić information content (AvgIpc) is 2.48. The largest absolute Gasteiger partial charge is 0.506 e. The van der Waals surface area contributed by atoms with Gasteiger partial charge in [0, 0.05) is 0 Å². The first kappa shape index (κ1) is 13.4. The summed E-state index contributed by atoms with van der Waals surface area (Å²) in [5.74, 6) is 0.438. The second-order valence-corrected chi connectivity index (χ2v) is 5.40. The zero-order valence-corrected chi connectivity index (χ0v) is 11.9. The molecule has 0 spiro atoms. The van der Waals surface area contributed by atoms with Gasteiger partial charge in [-0.25, -0.2) is 4.98 Å². The molecule has 2 aromatic carbocycles. The number of benzene rings is 2. The Labute approximate surface area is 122 Å². The highest BCUT2D eigenvalue weighted by Crippen LogP contribution is 2.30. The Morgan fingerprint density at radius 3 is 2.71 bits per heavy atom. The molecule has 21 heavy (non-hydrogen) atoms. The van der Waals surface area contributed by atoms with Crippen LogP contribution in [0.5, 0.6) is 5.75 Å². The number of H-pyrrole nitrogens is 1. The molecule has 106 valence electrons. The van der Waals surface area contributed by atoms with Crippen molar-refractivity contribution in [2.45, 2.75) is 19.8 Å². The Hall–Kier alpha value is -2.62. The highest BCUT2D eigenvalue weighted by Gasteiger charge is 2.09. The lowest BCUT2D eigenvalue weighted by atomic mass is 9.96. The van der Waals surface area contributed by atoms with Crippen LogP contribution in [-0.2, 0) is 0 Å². The van der Waals surface area contributed by atoms with E-state index in [2.05, 4.69) is 35.9 Å². The van der Waals surface area contributed by atoms with E-state index >= 15 is 0 Å². The molecule has 0 unspecified atom stereocenters. The summed E-state index contributed by atoms with van der Waals surface area (Å²) in [5.41, 5.74) is 3.06. The SMILES string of the molecule is CC(C)c1cccc(-c2cc(O)c3nc[nH]c(=O)c3c2)c1. The number of phenolic OH excluding ortho intramolecular Hbond substituents is 1. The zero-order chi connectivity index (χ0) is 15.0. The molecule has 0 saturated heterocycles. The maximum atomic E-state index is 11.9. The summed E-state index contributed by atoms with van der Waals surface area (Å²) in [7, 11) is 0. The molecule has 0 aliphatic rings. The highest BCUT2D eigenvalue weighted by atomic mass is 16.3. The number of nitrogens with one attached hydrogen (secondary N) is 1. The van der Waals surface area contributed by atoms with E-state index in [-0.39, 0.29) is 11.3 Å². The Morgan fingerprint density at radius 2 is 1.95 bits per heavy atom. The van der Waals surface area contributed by atoms with Crippen LogP contribution in [0.3, 0.4) is 0 Å². The maximum absolute atomic E-state index is 11.9. The summed E-state index contributed by atoms with van der Waals surface area (Å²) < 4.78 is 0. The first-order valence-corrected chi connectivity index (χ1v) is 6.87. The van der Waals surface area contributed by atoms with Gasteiger partial charge >= 0.3 is 0 Å². The molecule has 0 amide bonds. The van der Waals surface area contributed by atoms with E-state index in [0.29, 0.717) is 16.8 Å². The number of hydrogen-bond acceptors (Lipinski definition) is 3. The molecule has 4 nitrogen and oxygen atoms in total. The Kier molecular flexibility index (Phi) is 3.22. The smallest absolute Gasteiger partial charge is 0.258 e. The van der Waals surface area contributed by atoms with Crippen molar-refractivity contribution < 1.29 is 5.11 Å². The minimum Gasteiger partial charge on any atom is -0.506 e. The van der Waals surface area contributed by atoms with Crippen molar-refractivity contribution in [3.05, 3.63) is 58.6 Å². The van der Waals surface area contributed by atoms with E-state index in [9.17, 15) is 9.90 Å². The van der Waals surface area contributed by atoms with Crippen LogP contribution in [0.1, 0.15) is 25.3 Å². The predicted octanol–water partition coefficient (Wildman–Crippen LogP) is 3.42. The third kappa shape index (κ3) is 2.40. The maximum Gasteiger partial charge on any atom is 0.258 e. The Bertz CT molecular complexity index is 866. The van der Waals surface area contributed by atoms with Crippen molar-refractivity contribution in [1.82, 2.24) is 9.97 Å². The van der Waals surface area contributed by atoms with Crippen LogP contribution in [0.4, 0.5) is 0 Å². The molecule has 0 radical (unpaired) electrons. The number of aromatic hydroxyl groups is 1. The molecule has 1 aromatic heterocycles. The van der Waals surface area contributed by atoms with Crippen molar-refractivity contribution in [2.24, 2.45) is 0 Å². The van der Waals surface area contributed by atoms with Gasteiger partial charge in [0.25, 0.3) is 5.56 Å². The van der Waals surface area contributed by atoms with Gasteiger partial charge in [0.2, 0.25) is 0 Å². The molecule has 0 saturated carbocycles. The van der Waals surface area contributed by atoms with Gasteiger partial charge in [0.1, 0.15) is 11.3 Å². The summed E-state index contributed by atoms with van der Waals surface area (Å²) in [6, 6.07) is 11.5. The van der Waals surface area contributed by atoms with Crippen LogP contribution in [0.15, 0.2) is 47.5 Å². The first-order valence-electron chi connectivity index (χ1n) is 6.87. The minimum absolute atomic E-state index is 0.0172. The Balaban J connectivity index is 2.24. The van der Waals surface area contributed by atoms with Crippen molar-refractivity contribution in [2.75, 3.05) is 0 Å². The summed E-state index contributed by atoms with van der Waals surface area (Å²) >= 11 is 0. The van der Waals surface area contributed by atoms with Crippen LogP contribution >= 0.6 is 0 Å². The Morgan fingerprint density at radius 1 is 1.14 bits per heavy atom. The predicted molar refractivity (Wildman–Crippen MR) is 83.6 cm³/mol. The van der Waals surface area contributed by atoms with Crippen molar-refractivity contribution in [3.63, 3.8) is 0 Å². The standard InChI is InChI=1S/C17H16N2O2/c1-10(2)11-4-3-5-12(6-11)13-7-14-16(15(20)8-13)18-9-19-17(14)21/h3-10,20H,1-2H3,(H,18,19,21). The van der Waals surface area contributed by atoms with Crippen molar-refractivity contribution in [3.8, 4) is 16.9 Å². The van der Waals surface area contributed by atoms with E-state index in [1.807, 2.05) is 12.1 Å². The van der Waals surface area contributed by atoms with Crippen molar-refractivity contribution >= 4 is 10.9 Å². The monoisotopic (exact) mass is 280 g/mol. The lowest BCUT2D eigenvalue weighted by Crippen LogP contribution is -2.06. The van der Waals surface area contributed by atoms with E-state index in [0.717, 1.165) is 11.1 Å². The molecular formula is C17H16N2O2. The third-order valence-corrected chi connectivity index (χ3v) is 3.61. The summed E-state index contributed by atoms with van der Waals surface area (Å²) in [4.78, 5) is 18.4. The number of hydrogen-bond donors (Lipinski definition) is 2. The second kappa shape index (κ2) is 5.05. The van der Waals surface area contributed by atoms with Gasteiger partial charge in [0.05, 0.1) is 11.7 Å². The fraction of sp³-hybridized carbons (Fsp3) is 0.176. The lowest BCUT2D eigenvalue weighted by molar-refractivity contribution is 0.480. The number of rotatable bonds is 2. The molecule has 4 heteroatoms. The topological polar surface area (TPSA) is 66.0 Å². The quantitative estimate of drug-likeness (QED) is 0.756.